The van der Waals surface area contributed by atoms with E-state index in [0.29, 0.717) is 23.1 Å². The van der Waals surface area contributed by atoms with E-state index in [9.17, 15) is 4.79 Å². The molecule has 106 valence electrons. The number of nitrogens with zero attached hydrogens (tertiary/aromatic N) is 1. The smallest absolute Gasteiger partial charge is 0.263 e. The number of imidazole rings is 1. The first-order valence-electron chi connectivity index (χ1n) is 6.18. The Balaban J connectivity index is 1.94. The van der Waals surface area contributed by atoms with Crippen molar-refractivity contribution in [3.63, 3.8) is 0 Å². The van der Waals surface area contributed by atoms with Crippen LogP contribution < -0.4 is 10.1 Å². The quantitative estimate of drug-likeness (QED) is 0.890. The van der Waals surface area contributed by atoms with Gasteiger partial charge in [0, 0.05) is 17.4 Å². The number of ether oxygens (including phenoxy) is 1. The van der Waals surface area contributed by atoms with Gasteiger partial charge in [-0.15, -0.1) is 0 Å². The molecule has 2 aromatic rings. The van der Waals surface area contributed by atoms with Crippen molar-refractivity contribution in [3.05, 3.63) is 47.5 Å². The first-order chi connectivity index (χ1) is 9.47. The predicted octanol–water partition coefficient (Wildman–Crippen LogP) is 2.54. The monoisotopic (exact) mass is 293 g/mol. The Morgan fingerprint density at radius 3 is 2.70 bits per heavy atom. The van der Waals surface area contributed by atoms with E-state index < -0.39 is 5.60 Å². The number of hydrogen-bond acceptors (Lipinski definition) is 3. The number of nitrogens with one attached hydrogen (secondary N) is 2. The molecule has 0 saturated carbocycles. The Labute approximate surface area is 122 Å². The van der Waals surface area contributed by atoms with Gasteiger partial charge in [0.2, 0.25) is 0 Å². The summed E-state index contributed by atoms with van der Waals surface area (Å²) in [7, 11) is 0. The minimum atomic E-state index is -0.986. The lowest BCUT2D eigenvalue weighted by Crippen LogP contribution is -2.46. The van der Waals surface area contributed by atoms with Gasteiger partial charge in [-0.3, -0.25) is 4.79 Å². The lowest BCUT2D eigenvalue weighted by atomic mass is 10.1. The Bertz CT molecular complexity index is 565. The molecule has 0 fully saturated rings. The van der Waals surface area contributed by atoms with Crippen molar-refractivity contribution in [2.24, 2.45) is 0 Å². The van der Waals surface area contributed by atoms with E-state index in [2.05, 4.69) is 15.3 Å². The average Bonchev–Trinajstić information content (AvgIpc) is 2.91. The summed E-state index contributed by atoms with van der Waals surface area (Å²) in [5.41, 5.74) is -0.986. The van der Waals surface area contributed by atoms with Crippen LogP contribution in [0.4, 0.5) is 0 Å². The first kappa shape index (κ1) is 14.4. The maximum atomic E-state index is 12.1. The molecule has 0 bridgehead atoms. The zero-order valence-electron chi connectivity index (χ0n) is 11.3. The zero-order valence-corrected chi connectivity index (χ0v) is 12.1. The van der Waals surface area contributed by atoms with Crippen molar-refractivity contribution in [1.29, 1.82) is 0 Å². The number of H-pyrrole nitrogens is 1. The molecule has 0 unspecified atom stereocenters. The van der Waals surface area contributed by atoms with E-state index in [1.54, 1.807) is 50.5 Å². The molecule has 0 aliphatic rings. The lowest BCUT2D eigenvalue weighted by molar-refractivity contribution is -0.134. The van der Waals surface area contributed by atoms with Gasteiger partial charge in [0.1, 0.15) is 11.6 Å². The van der Waals surface area contributed by atoms with Crippen molar-refractivity contribution in [1.82, 2.24) is 15.3 Å². The van der Waals surface area contributed by atoms with Crippen LogP contribution >= 0.6 is 11.6 Å². The lowest BCUT2D eigenvalue weighted by Gasteiger charge is -2.25. The molecule has 1 aromatic carbocycles. The third-order valence-corrected chi connectivity index (χ3v) is 2.96. The highest BCUT2D eigenvalue weighted by Gasteiger charge is 2.29. The maximum Gasteiger partial charge on any atom is 0.263 e. The summed E-state index contributed by atoms with van der Waals surface area (Å²) in [4.78, 5) is 19.1. The molecule has 2 N–H and O–H groups in total. The number of hydrogen-bond donors (Lipinski definition) is 2. The summed E-state index contributed by atoms with van der Waals surface area (Å²) in [5, 5.41) is 3.40. The molecule has 5 nitrogen and oxygen atoms in total. The van der Waals surface area contributed by atoms with Crippen LogP contribution in [0.5, 0.6) is 5.75 Å². The molecule has 0 spiro atoms. The second kappa shape index (κ2) is 5.96. The topological polar surface area (TPSA) is 67.0 Å². The molecular weight excluding hydrogens is 278 g/mol. The fourth-order valence-corrected chi connectivity index (χ4v) is 1.74. The van der Waals surface area contributed by atoms with Gasteiger partial charge in [-0.1, -0.05) is 11.6 Å². The largest absolute Gasteiger partial charge is 0.478 e. The third kappa shape index (κ3) is 3.74. The van der Waals surface area contributed by atoms with E-state index in [1.807, 2.05) is 0 Å². The molecule has 1 amide bonds. The number of carbonyl (C=O) groups is 1. The summed E-state index contributed by atoms with van der Waals surface area (Å²) in [6.45, 7) is 3.75. The van der Waals surface area contributed by atoms with E-state index in [0.717, 1.165) is 0 Å². The predicted molar refractivity (Wildman–Crippen MR) is 76.6 cm³/mol. The van der Waals surface area contributed by atoms with Crippen LogP contribution in [-0.4, -0.2) is 21.5 Å². The third-order valence-electron chi connectivity index (χ3n) is 2.70. The fourth-order valence-electron chi connectivity index (χ4n) is 1.62. The van der Waals surface area contributed by atoms with E-state index in [4.69, 9.17) is 16.3 Å². The number of benzene rings is 1. The fraction of sp³-hybridized carbons (Fsp3) is 0.286. The summed E-state index contributed by atoms with van der Waals surface area (Å²) >= 11 is 5.81. The van der Waals surface area contributed by atoms with Crippen LogP contribution in [0.1, 0.15) is 19.7 Å². The number of halogens is 1. The standard InChI is InChI=1S/C14H16ClN3O2/c1-14(2,20-11-5-3-10(15)4-6-11)13(19)18-9-12-16-7-8-17-12/h3-8H,9H2,1-2H3,(H,16,17)(H,18,19). The van der Waals surface area contributed by atoms with E-state index >= 15 is 0 Å². The maximum absolute atomic E-state index is 12.1. The summed E-state index contributed by atoms with van der Waals surface area (Å²) < 4.78 is 5.69. The van der Waals surface area contributed by atoms with Gasteiger partial charge in [-0.25, -0.2) is 4.98 Å². The second-order valence-corrected chi connectivity index (χ2v) is 5.22. The van der Waals surface area contributed by atoms with Gasteiger partial charge in [-0.05, 0) is 38.1 Å². The highest BCUT2D eigenvalue weighted by molar-refractivity contribution is 6.30. The Morgan fingerprint density at radius 1 is 1.40 bits per heavy atom. The number of aromatic nitrogens is 2. The number of aromatic amines is 1. The van der Waals surface area contributed by atoms with Crippen molar-refractivity contribution in [2.45, 2.75) is 26.0 Å². The molecule has 20 heavy (non-hydrogen) atoms. The summed E-state index contributed by atoms with van der Waals surface area (Å²) in [6.07, 6.45) is 3.34. The Morgan fingerprint density at radius 2 is 2.10 bits per heavy atom. The Hall–Kier alpha value is -2.01. The van der Waals surface area contributed by atoms with Gasteiger partial charge in [0.05, 0.1) is 6.54 Å². The molecule has 0 aliphatic carbocycles. The number of rotatable bonds is 5. The molecule has 1 heterocycles. The van der Waals surface area contributed by atoms with Crippen LogP contribution in [-0.2, 0) is 11.3 Å². The van der Waals surface area contributed by atoms with Crippen LogP contribution in [0.3, 0.4) is 0 Å². The molecule has 2 rings (SSSR count). The highest BCUT2D eigenvalue weighted by Crippen LogP contribution is 2.21. The molecule has 0 saturated heterocycles. The molecule has 0 radical (unpaired) electrons. The second-order valence-electron chi connectivity index (χ2n) is 4.78. The van der Waals surface area contributed by atoms with Crippen molar-refractivity contribution in [3.8, 4) is 5.75 Å². The molecular formula is C14H16ClN3O2. The normalized spacial score (nSPS) is 11.2. The van der Waals surface area contributed by atoms with Crippen molar-refractivity contribution < 1.29 is 9.53 Å². The van der Waals surface area contributed by atoms with Crippen molar-refractivity contribution in [2.75, 3.05) is 0 Å². The molecule has 0 aliphatic heterocycles. The summed E-state index contributed by atoms with van der Waals surface area (Å²) in [6, 6.07) is 6.88. The molecule has 0 atom stereocenters. The van der Waals surface area contributed by atoms with Crippen molar-refractivity contribution >= 4 is 17.5 Å². The van der Waals surface area contributed by atoms with Crippen LogP contribution in [0.15, 0.2) is 36.7 Å². The van der Waals surface area contributed by atoms with Gasteiger partial charge in [0.25, 0.3) is 5.91 Å². The van der Waals surface area contributed by atoms with Gasteiger partial charge < -0.3 is 15.0 Å². The van der Waals surface area contributed by atoms with Gasteiger partial charge in [0.15, 0.2) is 5.60 Å². The number of carbonyl (C=O) groups excluding carboxylic acids is 1. The van der Waals surface area contributed by atoms with E-state index in [1.165, 1.54) is 0 Å². The molecule has 6 heteroatoms. The number of amides is 1. The van der Waals surface area contributed by atoms with Crippen LogP contribution in [0, 0.1) is 0 Å². The summed E-state index contributed by atoms with van der Waals surface area (Å²) in [5.74, 6) is 1.07. The average molecular weight is 294 g/mol. The SMILES string of the molecule is CC(C)(Oc1ccc(Cl)cc1)C(=O)NCc1ncc[nH]1. The minimum Gasteiger partial charge on any atom is -0.478 e. The highest BCUT2D eigenvalue weighted by atomic mass is 35.5. The first-order valence-corrected chi connectivity index (χ1v) is 6.56. The molecule has 1 aromatic heterocycles. The van der Waals surface area contributed by atoms with Gasteiger partial charge >= 0.3 is 0 Å². The van der Waals surface area contributed by atoms with Crippen LogP contribution in [0.25, 0.3) is 0 Å². The Kier molecular flexibility index (Phi) is 4.29. The van der Waals surface area contributed by atoms with Gasteiger partial charge in [-0.2, -0.15) is 0 Å². The zero-order chi connectivity index (χ0) is 14.6. The van der Waals surface area contributed by atoms with E-state index in [-0.39, 0.29) is 5.91 Å². The van der Waals surface area contributed by atoms with Crippen LogP contribution in [0.2, 0.25) is 5.02 Å². The minimum absolute atomic E-state index is 0.219.